The number of fused-ring (bicyclic) bond motifs is 1. The van der Waals surface area contributed by atoms with Gasteiger partial charge in [-0.3, -0.25) is 10.1 Å². The summed E-state index contributed by atoms with van der Waals surface area (Å²) >= 11 is 0. The number of hydrogen-bond acceptors (Lipinski definition) is 5. The molecule has 2 aliphatic carbocycles. The Bertz CT molecular complexity index is 1170. The van der Waals surface area contributed by atoms with Gasteiger partial charge in [-0.05, 0) is 79.7 Å². The molecule has 0 bridgehead atoms. The molecule has 1 unspecified atom stereocenters. The highest BCUT2D eigenvalue weighted by molar-refractivity contribution is 5.84. The lowest BCUT2D eigenvalue weighted by Gasteiger charge is -2.60. The number of aliphatic hydroxyl groups is 2. The minimum Gasteiger partial charge on any atom is -0.445 e. The van der Waals surface area contributed by atoms with Gasteiger partial charge in [0.1, 0.15) is 17.7 Å². The highest BCUT2D eigenvalue weighted by Crippen LogP contribution is 2.61. The Hall–Kier alpha value is -3.04. The lowest BCUT2D eigenvalue weighted by molar-refractivity contribution is -0.185. The van der Waals surface area contributed by atoms with Crippen LogP contribution in [-0.4, -0.2) is 41.0 Å². The van der Waals surface area contributed by atoms with Gasteiger partial charge in [-0.15, -0.1) is 0 Å². The van der Waals surface area contributed by atoms with Crippen LogP contribution < -0.4 is 10.6 Å². The summed E-state index contributed by atoms with van der Waals surface area (Å²) in [4.78, 5) is 25.7. The molecular weight excluding hydrogens is 506 g/mol. The van der Waals surface area contributed by atoms with Crippen molar-refractivity contribution in [3.05, 3.63) is 65.2 Å². The molecule has 2 saturated carbocycles. The van der Waals surface area contributed by atoms with E-state index in [1.165, 1.54) is 12.1 Å². The molecule has 2 fully saturated rings. The smallest absolute Gasteiger partial charge is 0.411 e. The predicted molar refractivity (Wildman–Crippen MR) is 143 cm³/mol. The molecule has 7 nitrogen and oxygen atoms in total. The zero-order chi connectivity index (χ0) is 28.4. The summed E-state index contributed by atoms with van der Waals surface area (Å²) in [5, 5.41) is 27.0. The second-order valence-corrected chi connectivity index (χ2v) is 11.7. The number of aryl methyl sites for hydroxylation is 1. The van der Waals surface area contributed by atoms with Gasteiger partial charge >= 0.3 is 6.09 Å². The van der Waals surface area contributed by atoms with Crippen molar-refractivity contribution in [1.29, 1.82) is 0 Å². The molecule has 4 N–H and O–H groups in total. The van der Waals surface area contributed by atoms with Crippen molar-refractivity contribution in [1.82, 2.24) is 5.32 Å². The number of carbonyl (C=O) groups excluding carboxylic acids is 2. The molecule has 39 heavy (non-hydrogen) atoms. The van der Waals surface area contributed by atoms with Crippen LogP contribution in [-0.2, 0) is 16.1 Å². The third-order valence-corrected chi connectivity index (χ3v) is 9.04. The number of hydrogen-bond donors (Lipinski definition) is 4. The third-order valence-electron chi connectivity index (χ3n) is 9.04. The number of rotatable bonds is 7. The van der Waals surface area contributed by atoms with Gasteiger partial charge in [0.25, 0.3) is 0 Å². The van der Waals surface area contributed by atoms with Crippen LogP contribution in [0.1, 0.15) is 57.1 Å². The van der Waals surface area contributed by atoms with Crippen molar-refractivity contribution in [2.24, 2.45) is 22.7 Å². The van der Waals surface area contributed by atoms with E-state index in [9.17, 15) is 28.6 Å². The Morgan fingerprint density at radius 3 is 2.36 bits per heavy atom. The Kier molecular flexibility index (Phi) is 8.61. The maximum Gasteiger partial charge on any atom is 0.411 e. The Morgan fingerprint density at radius 2 is 1.72 bits per heavy atom. The largest absolute Gasteiger partial charge is 0.445 e. The number of amides is 2. The van der Waals surface area contributed by atoms with Crippen LogP contribution in [0.15, 0.2) is 42.5 Å². The average Bonchev–Trinajstić information content (AvgIpc) is 2.87. The summed E-state index contributed by atoms with van der Waals surface area (Å²) in [6.45, 7) is 5.66. The monoisotopic (exact) mass is 544 g/mol. The van der Waals surface area contributed by atoms with Crippen molar-refractivity contribution in [2.45, 2.75) is 71.6 Å². The maximum absolute atomic E-state index is 13.5. The quantitative estimate of drug-likeness (QED) is 0.389. The molecule has 0 spiro atoms. The van der Waals surface area contributed by atoms with Crippen molar-refractivity contribution in [2.75, 3.05) is 11.9 Å². The van der Waals surface area contributed by atoms with E-state index in [-0.39, 0.29) is 31.4 Å². The molecule has 0 aliphatic heterocycles. The number of ether oxygens (including phenoxy) is 1. The SMILES string of the molecule is Cc1ccc(NC(=O)O[C@@H]2CC[C@]3(C)C(CC[C@@H](O)[C@H]3CC(=O)NCc3cc(F)cc(F)c3)[C@]2(C)CO)cc1. The van der Waals surface area contributed by atoms with Crippen molar-refractivity contribution < 1.29 is 33.3 Å². The van der Waals surface area contributed by atoms with Crippen LogP contribution in [0, 0.1) is 41.2 Å². The lowest BCUT2D eigenvalue weighted by atomic mass is 9.46. The maximum atomic E-state index is 13.5. The van der Waals surface area contributed by atoms with Crippen LogP contribution in [0.5, 0.6) is 0 Å². The second-order valence-electron chi connectivity index (χ2n) is 11.7. The van der Waals surface area contributed by atoms with Crippen LogP contribution in [0.25, 0.3) is 0 Å². The molecule has 4 rings (SSSR count). The molecule has 9 heteroatoms. The van der Waals surface area contributed by atoms with E-state index >= 15 is 0 Å². The molecule has 2 amide bonds. The summed E-state index contributed by atoms with van der Waals surface area (Å²) in [6, 6.07) is 10.5. The van der Waals surface area contributed by atoms with Gasteiger partial charge < -0.3 is 20.3 Å². The molecule has 2 aromatic rings. The molecule has 212 valence electrons. The first kappa shape index (κ1) is 29.0. The van der Waals surface area contributed by atoms with Gasteiger partial charge in [-0.1, -0.05) is 31.5 Å². The fourth-order valence-corrected chi connectivity index (χ4v) is 6.88. The van der Waals surface area contributed by atoms with Gasteiger partial charge in [0.2, 0.25) is 5.91 Å². The Morgan fingerprint density at radius 1 is 1.05 bits per heavy atom. The standard InChI is InChI=1S/C30H38F2N2O5/c1-18-4-6-22(7-5-18)34-28(38)39-26-10-11-29(2)23(24(36)8-9-25(29)30(26,3)17-35)15-27(37)33-16-19-12-20(31)14-21(32)13-19/h4-7,12-14,23-26,35-36H,8-11,15-17H2,1-3H3,(H,33,37)(H,34,38)/t23-,24-,25?,26-,29+,30+/m1/s1. The minimum absolute atomic E-state index is 0.0309. The summed E-state index contributed by atoms with van der Waals surface area (Å²) in [6.07, 6.45) is 0.325. The Balaban J connectivity index is 1.44. The normalized spacial score (nSPS) is 30.2. The molecule has 0 saturated heterocycles. The number of nitrogens with one attached hydrogen (secondary N) is 2. The third kappa shape index (κ3) is 6.25. The van der Waals surface area contributed by atoms with Crippen molar-refractivity contribution >= 4 is 17.7 Å². The number of halogens is 2. The van der Waals surface area contributed by atoms with Crippen molar-refractivity contribution in [3.63, 3.8) is 0 Å². The highest BCUT2D eigenvalue weighted by Gasteiger charge is 2.60. The summed E-state index contributed by atoms with van der Waals surface area (Å²) in [5.41, 5.74) is 0.725. The van der Waals surface area contributed by atoms with Crippen LogP contribution >= 0.6 is 0 Å². The average molecular weight is 545 g/mol. The van der Waals surface area contributed by atoms with E-state index in [1.54, 1.807) is 12.1 Å². The highest BCUT2D eigenvalue weighted by atomic mass is 19.1. The number of aliphatic hydroxyl groups excluding tert-OH is 2. The van der Waals surface area contributed by atoms with Crippen LogP contribution in [0.3, 0.4) is 0 Å². The van der Waals surface area contributed by atoms with Gasteiger partial charge in [-0.25, -0.2) is 13.6 Å². The minimum atomic E-state index is -0.772. The first-order valence-electron chi connectivity index (χ1n) is 13.5. The van der Waals surface area contributed by atoms with Gasteiger partial charge in [-0.2, -0.15) is 0 Å². The fraction of sp³-hybridized carbons (Fsp3) is 0.533. The first-order chi connectivity index (χ1) is 18.4. The molecule has 0 radical (unpaired) electrons. The van der Waals surface area contributed by atoms with Gasteiger partial charge in [0.15, 0.2) is 0 Å². The van der Waals surface area contributed by atoms with Crippen LogP contribution in [0.2, 0.25) is 0 Å². The molecule has 2 aromatic carbocycles. The van der Waals surface area contributed by atoms with Gasteiger partial charge in [0, 0.05) is 30.1 Å². The summed E-state index contributed by atoms with van der Waals surface area (Å²) in [5.74, 6) is -2.26. The molecule has 0 aromatic heterocycles. The van der Waals surface area contributed by atoms with E-state index in [0.717, 1.165) is 11.6 Å². The zero-order valence-electron chi connectivity index (χ0n) is 22.7. The van der Waals surface area contributed by atoms with E-state index < -0.39 is 46.7 Å². The van der Waals surface area contributed by atoms with E-state index in [0.29, 0.717) is 36.9 Å². The van der Waals surface area contributed by atoms with E-state index in [2.05, 4.69) is 10.6 Å². The van der Waals surface area contributed by atoms with E-state index in [1.807, 2.05) is 32.9 Å². The fourth-order valence-electron chi connectivity index (χ4n) is 6.88. The zero-order valence-corrected chi connectivity index (χ0v) is 22.7. The Labute approximate surface area is 228 Å². The number of carbonyl (C=O) groups is 2. The number of benzene rings is 2. The topological polar surface area (TPSA) is 108 Å². The summed E-state index contributed by atoms with van der Waals surface area (Å²) in [7, 11) is 0. The molecule has 6 atom stereocenters. The lowest BCUT2D eigenvalue weighted by Crippen LogP contribution is -2.61. The van der Waals surface area contributed by atoms with Crippen molar-refractivity contribution in [3.8, 4) is 0 Å². The first-order valence-corrected chi connectivity index (χ1v) is 13.5. The number of anilines is 1. The van der Waals surface area contributed by atoms with Crippen LogP contribution in [0.4, 0.5) is 19.3 Å². The molecular formula is C30H38F2N2O5. The second kappa shape index (κ2) is 11.6. The molecule has 0 heterocycles. The summed E-state index contributed by atoms with van der Waals surface area (Å²) < 4.78 is 32.9. The predicted octanol–water partition coefficient (Wildman–Crippen LogP) is 5.08. The molecule has 2 aliphatic rings. The van der Waals surface area contributed by atoms with Gasteiger partial charge in [0.05, 0.1) is 12.7 Å². The van der Waals surface area contributed by atoms with E-state index in [4.69, 9.17) is 4.74 Å².